The fraction of sp³-hybridized carbons (Fsp3) is 0.273. The summed E-state index contributed by atoms with van der Waals surface area (Å²) in [6.45, 7) is 2.89. The molecule has 0 bridgehead atoms. The summed E-state index contributed by atoms with van der Waals surface area (Å²) in [5.41, 5.74) is 2.06. The Kier molecular flexibility index (Phi) is 5.11. The van der Waals surface area contributed by atoms with Gasteiger partial charge in [0, 0.05) is 30.4 Å². The van der Waals surface area contributed by atoms with Gasteiger partial charge in [-0.1, -0.05) is 12.1 Å². The van der Waals surface area contributed by atoms with Crippen molar-refractivity contribution in [1.29, 1.82) is 0 Å². The predicted molar refractivity (Wildman–Crippen MR) is 117 cm³/mol. The van der Waals surface area contributed by atoms with E-state index in [4.69, 9.17) is 9.47 Å². The maximum Gasteiger partial charge on any atom is 0.262 e. The molecule has 3 aromatic rings. The molecular formula is C22H22N4O4S. The summed E-state index contributed by atoms with van der Waals surface area (Å²) in [4.78, 5) is 2.34. The largest absolute Gasteiger partial charge is 0.486 e. The van der Waals surface area contributed by atoms with Crippen molar-refractivity contribution in [3.05, 3.63) is 54.6 Å². The number of hydrogen-bond acceptors (Lipinski definition) is 7. The standard InChI is InChI=1S/C22H22N4O4S/c27-31(28,18-7-9-20-21(15-18)30-14-13-29-20)25-17-5-3-16(4-6-17)19-8-10-22(24-23-19)26-11-1-2-12-26/h3-10,15,25H,1-2,11-14H2. The van der Waals surface area contributed by atoms with Crippen LogP contribution in [0.25, 0.3) is 11.3 Å². The maximum absolute atomic E-state index is 12.8. The first-order chi connectivity index (χ1) is 15.1. The zero-order valence-corrected chi connectivity index (χ0v) is 17.6. The van der Waals surface area contributed by atoms with Gasteiger partial charge in [0.15, 0.2) is 17.3 Å². The smallest absolute Gasteiger partial charge is 0.262 e. The summed E-state index contributed by atoms with van der Waals surface area (Å²) in [5, 5.41) is 8.67. The van der Waals surface area contributed by atoms with E-state index in [1.807, 2.05) is 24.3 Å². The van der Waals surface area contributed by atoms with Crippen LogP contribution in [0.5, 0.6) is 11.5 Å². The quantitative estimate of drug-likeness (QED) is 0.653. The van der Waals surface area contributed by atoms with Crippen molar-refractivity contribution in [3.8, 4) is 22.8 Å². The number of sulfonamides is 1. The second-order valence-electron chi connectivity index (χ2n) is 7.46. The highest BCUT2D eigenvalue weighted by atomic mass is 32.2. The molecule has 2 aliphatic rings. The van der Waals surface area contributed by atoms with Crippen LogP contribution < -0.4 is 19.1 Å². The molecule has 9 heteroatoms. The molecule has 2 aromatic carbocycles. The molecule has 31 heavy (non-hydrogen) atoms. The van der Waals surface area contributed by atoms with Crippen molar-refractivity contribution in [3.63, 3.8) is 0 Å². The SMILES string of the molecule is O=S(=O)(Nc1ccc(-c2ccc(N3CCCC3)nn2)cc1)c1ccc2c(c1)OCCO2. The molecule has 1 fully saturated rings. The minimum Gasteiger partial charge on any atom is -0.486 e. The summed E-state index contributed by atoms with van der Waals surface area (Å²) >= 11 is 0. The van der Waals surface area contributed by atoms with Crippen LogP contribution in [0.3, 0.4) is 0 Å². The van der Waals surface area contributed by atoms with Gasteiger partial charge >= 0.3 is 0 Å². The van der Waals surface area contributed by atoms with Gasteiger partial charge in [-0.15, -0.1) is 10.2 Å². The highest BCUT2D eigenvalue weighted by Crippen LogP contribution is 2.33. The van der Waals surface area contributed by atoms with Crippen LogP contribution in [-0.2, 0) is 10.0 Å². The Labute approximate surface area is 180 Å². The summed E-state index contributed by atoms with van der Waals surface area (Å²) in [6.07, 6.45) is 2.38. The molecule has 160 valence electrons. The molecule has 5 rings (SSSR count). The third kappa shape index (κ3) is 4.13. The number of anilines is 2. The van der Waals surface area contributed by atoms with Crippen molar-refractivity contribution in [2.75, 3.05) is 35.9 Å². The number of benzene rings is 2. The monoisotopic (exact) mass is 438 g/mol. The molecule has 1 saturated heterocycles. The van der Waals surface area contributed by atoms with Crippen LogP contribution in [0.1, 0.15) is 12.8 Å². The molecule has 0 aliphatic carbocycles. The van der Waals surface area contributed by atoms with Crippen molar-refractivity contribution in [1.82, 2.24) is 10.2 Å². The first kappa shape index (κ1) is 19.6. The molecule has 0 amide bonds. The van der Waals surface area contributed by atoms with E-state index < -0.39 is 10.0 Å². The van der Waals surface area contributed by atoms with E-state index in [2.05, 4.69) is 19.8 Å². The van der Waals surface area contributed by atoms with E-state index >= 15 is 0 Å². The van der Waals surface area contributed by atoms with Gasteiger partial charge in [0.2, 0.25) is 0 Å². The van der Waals surface area contributed by atoms with Crippen molar-refractivity contribution in [2.24, 2.45) is 0 Å². The molecule has 0 saturated carbocycles. The average molecular weight is 439 g/mol. The maximum atomic E-state index is 12.8. The van der Waals surface area contributed by atoms with Gasteiger partial charge in [0.25, 0.3) is 10.0 Å². The average Bonchev–Trinajstić information content (AvgIpc) is 3.34. The summed E-state index contributed by atoms with van der Waals surface area (Å²) < 4.78 is 39.1. The van der Waals surface area contributed by atoms with E-state index in [0.717, 1.165) is 30.2 Å². The number of ether oxygens (including phenoxy) is 2. The molecule has 0 spiro atoms. The first-order valence-electron chi connectivity index (χ1n) is 10.2. The Morgan fingerprint density at radius 1 is 0.839 bits per heavy atom. The Hall–Kier alpha value is -3.33. The highest BCUT2D eigenvalue weighted by molar-refractivity contribution is 7.92. The molecule has 2 aliphatic heterocycles. The number of hydrogen-bond donors (Lipinski definition) is 1. The Balaban J connectivity index is 1.30. The van der Waals surface area contributed by atoms with Crippen molar-refractivity contribution < 1.29 is 17.9 Å². The first-order valence-corrected chi connectivity index (χ1v) is 11.7. The normalized spacial score (nSPS) is 15.7. The van der Waals surface area contributed by atoms with Gasteiger partial charge in [-0.3, -0.25) is 4.72 Å². The van der Waals surface area contributed by atoms with E-state index in [0.29, 0.717) is 30.4 Å². The second kappa shape index (κ2) is 8.07. The second-order valence-corrected chi connectivity index (χ2v) is 9.14. The summed E-state index contributed by atoms with van der Waals surface area (Å²) in [7, 11) is -3.76. The molecule has 0 atom stereocenters. The third-order valence-electron chi connectivity index (χ3n) is 5.34. The van der Waals surface area contributed by atoms with Crippen LogP contribution in [0.4, 0.5) is 11.5 Å². The van der Waals surface area contributed by atoms with Gasteiger partial charge < -0.3 is 14.4 Å². The summed E-state index contributed by atoms with van der Waals surface area (Å²) in [5.74, 6) is 1.87. The van der Waals surface area contributed by atoms with Gasteiger partial charge in [-0.05, 0) is 49.2 Å². The van der Waals surface area contributed by atoms with Crippen molar-refractivity contribution in [2.45, 2.75) is 17.7 Å². The van der Waals surface area contributed by atoms with E-state index in [9.17, 15) is 8.42 Å². The number of aromatic nitrogens is 2. The minimum atomic E-state index is -3.76. The molecule has 1 aromatic heterocycles. The van der Waals surface area contributed by atoms with Gasteiger partial charge in [-0.2, -0.15) is 0 Å². The fourth-order valence-electron chi connectivity index (χ4n) is 3.71. The van der Waals surface area contributed by atoms with Crippen molar-refractivity contribution >= 4 is 21.5 Å². The predicted octanol–water partition coefficient (Wildman–Crippen LogP) is 3.32. The van der Waals surface area contributed by atoms with E-state index in [1.54, 1.807) is 18.2 Å². The van der Waals surface area contributed by atoms with E-state index in [1.165, 1.54) is 25.0 Å². The van der Waals surface area contributed by atoms with Crippen LogP contribution in [0, 0.1) is 0 Å². The summed E-state index contributed by atoms with van der Waals surface area (Å²) in [6, 6.07) is 15.6. The Morgan fingerprint density at radius 2 is 1.58 bits per heavy atom. The minimum absolute atomic E-state index is 0.115. The van der Waals surface area contributed by atoms with Gasteiger partial charge in [0.1, 0.15) is 13.2 Å². The molecule has 0 radical (unpaired) electrons. The van der Waals surface area contributed by atoms with Crippen LogP contribution in [-0.4, -0.2) is 44.9 Å². The Morgan fingerprint density at radius 3 is 2.29 bits per heavy atom. The molecule has 1 N–H and O–H groups in total. The molecule has 8 nitrogen and oxygen atoms in total. The fourth-order valence-corrected chi connectivity index (χ4v) is 4.78. The van der Waals surface area contributed by atoms with Crippen LogP contribution >= 0.6 is 0 Å². The third-order valence-corrected chi connectivity index (χ3v) is 6.72. The Bertz CT molecular complexity index is 1180. The van der Waals surface area contributed by atoms with Gasteiger partial charge in [-0.25, -0.2) is 8.42 Å². The number of rotatable bonds is 5. The highest BCUT2D eigenvalue weighted by Gasteiger charge is 2.20. The van der Waals surface area contributed by atoms with Gasteiger partial charge in [0.05, 0.1) is 10.6 Å². The lowest BCUT2D eigenvalue weighted by Crippen LogP contribution is -2.19. The van der Waals surface area contributed by atoms with Crippen LogP contribution in [0.2, 0.25) is 0 Å². The van der Waals surface area contributed by atoms with Crippen LogP contribution in [0.15, 0.2) is 59.5 Å². The zero-order valence-electron chi connectivity index (χ0n) is 16.8. The lowest BCUT2D eigenvalue weighted by molar-refractivity contribution is 0.171. The zero-order chi connectivity index (χ0) is 21.3. The van der Waals surface area contributed by atoms with E-state index in [-0.39, 0.29) is 4.90 Å². The molecule has 0 unspecified atom stereocenters. The molecular weight excluding hydrogens is 416 g/mol. The lowest BCUT2D eigenvalue weighted by Gasteiger charge is -2.19. The molecule has 3 heterocycles. The number of nitrogens with zero attached hydrogens (tertiary/aromatic N) is 3. The lowest BCUT2D eigenvalue weighted by atomic mass is 10.1. The number of nitrogens with one attached hydrogen (secondary N) is 1. The number of fused-ring (bicyclic) bond motifs is 1. The topological polar surface area (TPSA) is 93.7 Å².